The first-order chi connectivity index (χ1) is 11.3. The van der Waals surface area contributed by atoms with Crippen molar-refractivity contribution in [3.8, 4) is 0 Å². The van der Waals surface area contributed by atoms with Gasteiger partial charge in [-0.05, 0) is 31.1 Å². The smallest absolute Gasteiger partial charge is 0.222 e. The molecule has 1 amide bonds. The van der Waals surface area contributed by atoms with Crippen LogP contribution >= 0.6 is 0 Å². The topological polar surface area (TPSA) is 29.5 Å². The molecular formula is C21H41NO2. The third-order valence-electron chi connectivity index (χ3n) is 5.43. The van der Waals surface area contributed by atoms with Gasteiger partial charge in [-0.1, -0.05) is 59.3 Å². The summed E-state index contributed by atoms with van der Waals surface area (Å²) >= 11 is 0. The van der Waals surface area contributed by atoms with Crippen LogP contribution in [0.4, 0.5) is 0 Å². The van der Waals surface area contributed by atoms with E-state index < -0.39 is 0 Å². The van der Waals surface area contributed by atoms with Crippen LogP contribution in [0.3, 0.4) is 0 Å². The van der Waals surface area contributed by atoms with E-state index in [-0.39, 0.29) is 5.41 Å². The average Bonchev–Trinajstić information content (AvgIpc) is 2.93. The van der Waals surface area contributed by atoms with E-state index in [4.69, 9.17) is 4.74 Å². The van der Waals surface area contributed by atoms with Gasteiger partial charge >= 0.3 is 0 Å². The molecule has 3 heteroatoms. The molecule has 1 fully saturated rings. The third-order valence-corrected chi connectivity index (χ3v) is 5.43. The Morgan fingerprint density at radius 2 is 1.62 bits per heavy atom. The van der Waals surface area contributed by atoms with Gasteiger partial charge in [-0.3, -0.25) is 4.79 Å². The first-order valence-electron chi connectivity index (χ1n) is 10.0. The largest absolute Gasteiger partial charge is 0.384 e. The quantitative estimate of drug-likeness (QED) is 0.470. The molecule has 0 aliphatic heterocycles. The number of carbonyl (C=O) groups excluding carboxylic acids is 1. The fourth-order valence-electron chi connectivity index (χ4n) is 4.02. The molecule has 0 atom stereocenters. The minimum Gasteiger partial charge on any atom is -0.384 e. The number of unbranched alkanes of at least 4 members (excludes halogenated alkanes) is 4. The van der Waals surface area contributed by atoms with Crippen molar-refractivity contribution in [2.45, 2.75) is 91.4 Å². The summed E-state index contributed by atoms with van der Waals surface area (Å²) in [6, 6.07) is 0. The van der Waals surface area contributed by atoms with E-state index in [1.54, 1.807) is 7.11 Å². The summed E-state index contributed by atoms with van der Waals surface area (Å²) in [5.74, 6) is 0.312. The van der Waals surface area contributed by atoms with Crippen LogP contribution < -0.4 is 0 Å². The molecule has 0 unspecified atom stereocenters. The summed E-state index contributed by atoms with van der Waals surface area (Å²) in [5.41, 5.74) is 0.670. The molecule has 0 aromatic heterocycles. The molecule has 142 valence electrons. The lowest BCUT2D eigenvalue weighted by molar-refractivity contribution is -0.132. The summed E-state index contributed by atoms with van der Waals surface area (Å²) < 4.78 is 5.43. The first kappa shape index (κ1) is 21.5. The molecule has 1 aliphatic rings. The zero-order valence-corrected chi connectivity index (χ0v) is 17.0. The van der Waals surface area contributed by atoms with Gasteiger partial charge < -0.3 is 9.64 Å². The summed E-state index contributed by atoms with van der Waals surface area (Å²) in [5, 5.41) is 0. The highest BCUT2D eigenvalue weighted by Gasteiger charge is 2.35. The van der Waals surface area contributed by atoms with Crippen LogP contribution in [0.15, 0.2) is 0 Å². The van der Waals surface area contributed by atoms with Crippen molar-refractivity contribution in [3.63, 3.8) is 0 Å². The molecule has 0 spiro atoms. The minimum atomic E-state index is 0.214. The molecule has 0 saturated heterocycles. The van der Waals surface area contributed by atoms with E-state index in [9.17, 15) is 4.79 Å². The zero-order valence-electron chi connectivity index (χ0n) is 17.0. The van der Waals surface area contributed by atoms with Gasteiger partial charge in [0, 0.05) is 32.5 Å². The number of carbonyl (C=O) groups is 1. The van der Waals surface area contributed by atoms with Gasteiger partial charge in [0.1, 0.15) is 0 Å². The lowest BCUT2D eigenvalue weighted by atomic mass is 9.86. The van der Waals surface area contributed by atoms with Crippen molar-refractivity contribution in [3.05, 3.63) is 0 Å². The number of ether oxygens (including phenoxy) is 1. The van der Waals surface area contributed by atoms with E-state index in [0.717, 1.165) is 19.6 Å². The Bertz CT molecular complexity index is 353. The van der Waals surface area contributed by atoms with Gasteiger partial charge in [-0.2, -0.15) is 0 Å². The molecule has 1 rings (SSSR count). The fourth-order valence-corrected chi connectivity index (χ4v) is 4.02. The van der Waals surface area contributed by atoms with Crippen LogP contribution in [0.2, 0.25) is 0 Å². The molecule has 3 nitrogen and oxygen atoms in total. The van der Waals surface area contributed by atoms with E-state index in [2.05, 4.69) is 20.8 Å². The Balaban J connectivity index is 2.16. The van der Waals surface area contributed by atoms with Crippen molar-refractivity contribution < 1.29 is 9.53 Å². The van der Waals surface area contributed by atoms with Gasteiger partial charge in [-0.15, -0.1) is 0 Å². The van der Waals surface area contributed by atoms with Crippen molar-refractivity contribution in [1.82, 2.24) is 4.90 Å². The molecule has 0 heterocycles. The van der Waals surface area contributed by atoms with E-state index in [0.29, 0.717) is 17.7 Å². The third kappa shape index (κ3) is 8.50. The van der Waals surface area contributed by atoms with E-state index >= 15 is 0 Å². The van der Waals surface area contributed by atoms with Gasteiger partial charge in [0.2, 0.25) is 5.91 Å². The second kappa shape index (κ2) is 10.4. The highest BCUT2D eigenvalue weighted by molar-refractivity contribution is 5.75. The van der Waals surface area contributed by atoms with E-state index in [1.165, 1.54) is 57.8 Å². The van der Waals surface area contributed by atoms with Crippen LogP contribution in [0.5, 0.6) is 0 Å². The predicted molar refractivity (Wildman–Crippen MR) is 102 cm³/mol. The van der Waals surface area contributed by atoms with Gasteiger partial charge in [-0.25, -0.2) is 0 Å². The molecule has 0 radical (unpaired) electrons. The molecule has 0 aromatic carbocycles. The minimum absolute atomic E-state index is 0.214. The molecule has 24 heavy (non-hydrogen) atoms. The van der Waals surface area contributed by atoms with Gasteiger partial charge in [0.25, 0.3) is 0 Å². The van der Waals surface area contributed by atoms with Crippen molar-refractivity contribution in [1.29, 1.82) is 0 Å². The standard InChI is InChI=1S/C21H41NO2/c1-20(2,3)14-10-8-6-7-9-13-19(23)22(4)17-21(18-24-5)15-11-12-16-21/h6-18H2,1-5H3. The number of amides is 1. The Labute approximate surface area is 150 Å². The maximum absolute atomic E-state index is 12.4. The first-order valence-corrected chi connectivity index (χ1v) is 10.0. The van der Waals surface area contributed by atoms with Crippen molar-refractivity contribution in [2.24, 2.45) is 10.8 Å². The lowest BCUT2D eigenvalue weighted by Gasteiger charge is -2.33. The Morgan fingerprint density at radius 3 is 2.21 bits per heavy atom. The van der Waals surface area contributed by atoms with Gasteiger partial charge in [0.15, 0.2) is 0 Å². The molecule has 0 bridgehead atoms. The van der Waals surface area contributed by atoms with Gasteiger partial charge in [0.05, 0.1) is 6.61 Å². The van der Waals surface area contributed by atoms with Crippen LogP contribution in [-0.4, -0.2) is 38.1 Å². The number of rotatable bonds is 11. The average molecular weight is 340 g/mol. The normalized spacial score (nSPS) is 17.2. The van der Waals surface area contributed by atoms with Crippen LogP contribution in [-0.2, 0) is 9.53 Å². The summed E-state index contributed by atoms with van der Waals surface area (Å²) in [6.45, 7) is 8.58. The van der Waals surface area contributed by atoms with Crippen molar-refractivity contribution >= 4 is 5.91 Å². The number of hydrogen-bond donors (Lipinski definition) is 0. The van der Waals surface area contributed by atoms with Crippen molar-refractivity contribution in [2.75, 3.05) is 27.3 Å². The van der Waals surface area contributed by atoms with Crippen LogP contribution in [0, 0.1) is 10.8 Å². The Hall–Kier alpha value is -0.570. The molecular weight excluding hydrogens is 298 g/mol. The summed E-state index contributed by atoms with van der Waals surface area (Å²) in [6.07, 6.45) is 13.1. The highest BCUT2D eigenvalue weighted by atomic mass is 16.5. The van der Waals surface area contributed by atoms with Crippen LogP contribution in [0.25, 0.3) is 0 Å². The lowest BCUT2D eigenvalue weighted by Crippen LogP contribution is -2.40. The van der Waals surface area contributed by atoms with Crippen LogP contribution in [0.1, 0.15) is 91.4 Å². The Kier molecular flexibility index (Phi) is 9.33. The summed E-state index contributed by atoms with van der Waals surface area (Å²) in [7, 11) is 3.75. The number of methoxy groups -OCH3 is 1. The number of hydrogen-bond acceptors (Lipinski definition) is 2. The maximum atomic E-state index is 12.4. The monoisotopic (exact) mass is 339 g/mol. The fraction of sp³-hybridized carbons (Fsp3) is 0.952. The second-order valence-corrected chi connectivity index (χ2v) is 9.22. The maximum Gasteiger partial charge on any atom is 0.222 e. The SMILES string of the molecule is COCC1(CN(C)C(=O)CCCCCCCC(C)(C)C)CCCC1. The number of nitrogens with zero attached hydrogens (tertiary/aromatic N) is 1. The highest BCUT2D eigenvalue weighted by Crippen LogP contribution is 2.39. The Morgan fingerprint density at radius 1 is 1.04 bits per heavy atom. The van der Waals surface area contributed by atoms with E-state index in [1.807, 2.05) is 11.9 Å². The molecule has 1 aliphatic carbocycles. The molecule has 0 N–H and O–H groups in total. The second-order valence-electron chi connectivity index (χ2n) is 9.22. The predicted octanol–water partition coefficient (Wildman–Crippen LogP) is 5.43. The summed E-state index contributed by atoms with van der Waals surface area (Å²) in [4.78, 5) is 14.3. The zero-order chi connectivity index (χ0) is 18.1. The molecule has 1 saturated carbocycles. The molecule has 0 aromatic rings.